The monoisotopic (exact) mass is 326 g/mol. The molecule has 102 valence electrons. The molecule has 0 spiro atoms. The lowest BCUT2D eigenvalue weighted by Crippen LogP contribution is -2.31. The summed E-state index contributed by atoms with van der Waals surface area (Å²) in [6.45, 7) is 2.92. The Labute approximate surface area is 121 Å². The van der Waals surface area contributed by atoms with Gasteiger partial charge in [-0.1, -0.05) is 15.9 Å². The van der Waals surface area contributed by atoms with Crippen LogP contribution in [0.15, 0.2) is 22.7 Å². The molecule has 0 bridgehead atoms. The van der Waals surface area contributed by atoms with Gasteiger partial charge in [-0.3, -0.25) is 4.79 Å². The first-order valence-corrected chi connectivity index (χ1v) is 6.96. The number of halogens is 2. The van der Waals surface area contributed by atoms with Crippen LogP contribution in [-0.4, -0.2) is 23.9 Å². The van der Waals surface area contributed by atoms with E-state index in [1.165, 1.54) is 12.1 Å². The van der Waals surface area contributed by atoms with Crippen molar-refractivity contribution in [1.82, 2.24) is 4.90 Å². The Hall–Kier alpha value is -1.41. The molecule has 1 aromatic carbocycles. The van der Waals surface area contributed by atoms with E-state index in [1.807, 2.05) is 13.0 Å². The molecular formula is C14H16BrFN2O. The Kier molecular flexibility index (Phi) is 6.51. The normalized spacial score (nSPS) is 10.0. The van der Waals surface area contributed by atoms with E-state index in [0.717, 1.165) is 10.0 Å². The maximum Gasteiger partial charge on any atom is 0.222 e. The van der Waals surface area contributed by atoms with Crippen LogP contribution in [0, 0.1) is 17.1 Å². The van der Waals surface area contributed by atoms with E-state index in [-0.39, 0.29) is 11.7 Å². The highest BCUT2D eigenvalue weighted by Gasteiger charge is 2.12. The second-order valence-corrected chi connectivity index (χ2v) is 4.97. The van der Waals surface area contributed by atoms with E-state index in [2.05, 4.69) is 15.9 Å². The zero-order chi connectivity index (χ0) is 14.3. The van der Waals surface area contributed by atoms with Gasteiger partial charge in [0.25, 0.3) is 0 Å². The van der Waals surface area contributed by atoms with E-state index >= 15 is 0 Å². The Morgan fingerprint density at radius 2 is 2.26 bits per heavy atom. The van der Waals surface area contributed by atoms with Crippen molar-refractivity contribution in [2.45, 2.75) is 26.2 Å². The average Bonchev–Trinajstić information content (AvgIpc) is 2.40. The lowest BCUT2D eigenvalue weighted by Gasteiger charge is -2.19. The molecule has 0 N–H and O–H groups in total. The number of rotatable bonds is 6. The number of carbonyl (C=O) groups excluding carboxylic acids is 1. The van der Waals surface area contributed by atoms with Crippen LogP contribution in [0.2, 0.25) is 0 Å². The summed E-state index contributed by atoms with van der Waals surface area (Å²) < 4.78 is 13.9. The number of aryl methyl sites for hydroxylation is 1. The first-order chi connectivity index (χ1) is 9.08. The molecule has 19 heavy (non-hydrogen) atoms. The van der Waals surface area contributed by atoms with Gasteiger partial charge in [0.1, 0.15) is 5.82 Å². The van der Waals surface area contributed by atoms with Gasteiger partial charge in [-0.05, 0) is 37.1 Å². The second-order valence-electron chi connectivity index (χ2n) is 4.12. The van der Waals surface area contributed by atoms with Gasteiger partial charge in [0.15, 0.2) is 0 Å². The second kappa shape index (κ2) is 7.90. The van der Waals surface area contributed by atoms with E-state index < -0.39 is 0 Å². The highest BCUT2D eigenvalue weighted by Crippen LogP contribution is 2.19. The van der Waals surface area contributed by atoms with E-state index in [0.29, 0.717) is 32.4 Å². The molecule has 0 aliphatic rings. The zero-order valence-corrected chi connectivity index (χ0v) is 12.4. The van der Waals surface area contributed by atoms with Crippen LogP contribution in [0.4, 0.5) is 4.39 Å². The maximum atomic E-state index is 13.1. The number of amides is 1. The zero-order valence-electron chi connectivity index (χ0n) is 10.8. The molecule has 0 fully saturated rings. The third-order valence-electron chi connectivity index (χ3n) is 2.84. The molecule has 0 unspecified atom stereocenters. The van der Waals surface area contributed by atoms with Crippen molar-refractivity contribution in [3.63, 3.8) is 0 Å². The number of hydrogen-bond donors (Lipinski definition) is 0. The van der Waals surface area contributed by atoms with Crippen molar-refractivity contribution in [2.75, 3.05) is 13.1 Å². The van der Waals surface area contributed by atoms with Crippen molar-refractivity contribution < 1.29 is 9.18 Å². The smallest absolute Gasteiger partial charge is 0.222 e. The van der Waals surface area contributed by atoms with Crippen LogP contribution in [0.5, 0.6) is 0 Å². The maximum absolute atomic E-state index is 13.1. The third kappa shape index (κ3) is 4.99. The van der Waals surface area contributed by atoms with Crippen LogP contribution in [-0.2, 0) is 11.2 Å². The SMILES string of the molecule is CCN(CCC#N)C(=O)CCc1cc(F)ccc1Br. The van der Waals surface area contributed by atoms with Crippen LogP contribution < -0.4 is 0 Å². The number of carbonyl (C=O) groups is 1. The fourth-order valence-corrected chi connectivity index (χ4v) is 2.22. The van der Waals surface area contributed by atoms with Crippen molar-refractivity contribution in [3.05, 3.63) is 34.1 Å². The van der Waals surface area contributed by atoms with Gasteiger partial charge in [-0.2, -0.15) is 5.26 Å². The lowest BCUT2D eigenvalue weighted by atomic mass is 10.1. The molecule has 0 heterocycles. The average molecular weight is 327 g/mol. The number of nitrogens with zero attached hydrogens (tertiary/aromatic N) is 2. The van der Waals surface area contributed by atoms with Crippen molar-refractivity contribution in [3.8, 4) is 6.07 Å². The van der Waals surface area contributed by atoms with Crippen molar-refractivity contribution >= 4 is 21.8 Å². The molecule has 1 amide bonds. The molecule has 0 aromatic heterocycles. The van der Waals surface area contributed by atoms with Gasteiger partial charge < -0.3 is 4.90 Å². The molecule has 0 atom stereocenters. The molecule has 0 aliphatic heterocycles. The minimum Gasteiger partial charge on any atom is -0.342 e. The van der Waals surface area contributed by atoms with E-state index in [9.17, 15) is 9.18 Å². The van der Waals surface area contributed by atoms with Gasteiger partial charge >= 0.3 is 0 Å². The predicted molar refractivity (Wildman–Crippen MR) is 74.9 cm³/mol. The molecule has 1 aromatic rings. The van der Waals surface area contributed by atoms with Gasteiger partial charge in [-0.25, -0.2) is 4.39 Å². The topological polar surface area (TPSA) is 44.1 Å². The summed E-state index contributed by atoms with van der Waals surface area (Å²) in [5.74, 6) is -0.309. The van der Waals surface area contributed by atoms with Crippen molar-refractivity contribution in [2.24, 2.45) is 0 Å². The predicted octanol–water partition coefficient (Wildman–Crippen LogP) is 3.28. The van der Waals surface area contributed by atoms with Gasteiger partial charge in [0.2, 0.25) is 5.91 Å². The number of benzene rings is 1. The van der Waals surface area contributed by atoms with E-state index in [4.69, 9.17) is 5.26 Å². The molecular weight excluding hydrogens is 311 g/mol. The molecule has 0 saturated heterocycles. The summed E-state index contributed by atoms with van der Waals surface area (Å²) >= 11 is 3.34. The Morgan fingerprint density at radius 1 is 1.53 bits per heavy atom. The summed E-state index contributed by atoms with van der Waals surface area (Å²) in [4.78, 5) is 13.6. The molecule has 5 heteroatoms. The lowest BCUT2D eigenvalue weighted by molar-refractivity contribution is -0.130. The summed E-state index contributed by atoms with van der Waals surface area (Å²) in [5.41, 5.74) is 0.782. The first kappa shape index (κ1) is 15.6. The summed E-state index contributed by atoms with van der Waals surface area (Å²) in [6.07, 6.45) is 1.14. The molecule has 0 aliphatic carbocycles. The third-order valence-corrected chi connectivity index (χ3v) is 3.62. The van der Waals surface area contributed by atoms with Gasteiger partial charge in [0.05, 0.1) is 12.5 Å². The quantitative estimate of drug-likeness (QED) is 0.805. The number of nitriles is 1. The molecule has 3 nitrogen and oxygen atoms in total. The fourth-order valence-electron chi connectivity index (χ4n) is 1.78. The number of hydrogen-bond acceptors (Lipinski definition) is 2. The Bertz CT molecular complexity index is 485. The van der Waals surface area contributed by atoms with Gasteiger partial charge in [0, 0.05) is 24.0 Å². The van der Waals surface area contributed by atoms with Crippen LogP contribution in [0.1, 0.15) is 25.3 Å². The summed E-state index contributed by atoms with van der Waals surface area (Å²) in [7, 11) is 0. The molecule has 0 saturated carbocycles. The first-order valence-electron chi connectivity index (χ1n) is 6.17. The summed E-state index contributed by atoms with van der Waals surface area (Å²) in [5, 5.41) is 8.53. The largest absolute Gasteiger partial charge is 0.342 e. The van der Waals surface area contributed by atoms with Crippen molar-refractivity contribution in [1.29, 1.82) is 5.26 Å². The van der Waals surface area contributed by atoms with Gasteiger partial charge in [-0.15, -0.1) is 0 Å². The minimum absolute atomic E-state index is 0.00564. The van der Waals surface area contributed by atoms with E-state index in [1.54, 1.807) is 11.0 Å². The molecule has 0 radical (unpaired) electrons. The van der Waals surface area contributed by atoms with Crippen LogP contribution in [0.3, 0.4) is 0 Å². The van der Waals surface area contributed by atoms with Crippen LogP contribution in [0.25, 0.3) is 0 Å². The highest BCUT2D eigenvalue weighted by atomic mass is 79.9. The Morgan fingerprint density at radius 3 is 2.89 bits per heavy atom. The Balaban J connectivity index is 2.57. The van der Waals surface area contributed by atoms with Crippen LogP contribution >= 0.6 is 15.9 Å². The summed E-state index contributed by atoms with van der Waals surface area (Å²) in [6, 6.07) is 6.48. The fraction of sp³-hybridized carbons (Fsp3) is 0.429. The molecule has 1 rings (SSSR count). The minimum atomic E-state index is -0.303. The standard InChI is InChI=1S/C14H16BrFN2O/c1-2-18(9-3-8-17)14(19)7-4-11-10-12(16)5-6-13(11)15/h5-6,10H,2-4,7,9H2,1H3. The highest BCUT2D eigenvalue weighted by molar-refractivity contribution is 9.10.